The van der Waals surface area contributed by atoms with E-state index in [2.05, 4.69) is 26.8 Å². The van der Waals surface area contributed by atoms with Gasteiger partial charge in [-0.2, -0.15) is 0 Å². The van der Waals surface area contributed by atoms with E-state index in [1.54, 1.807) is 19.2 Å². The van der Waals surface area contributed by atoms with E-state index >= 15 is 0 Å². The molecular weight excluding hydrogens is 524 g/mol. The Hall–Kier alpha value is -3.56. The molecule has 1 aliphatic heterocycles. The molecule has 1 saturated heterocycles. The topological polar surface area (TPSA) is 91.0 Å². The smallest absolute Gasteiger partial charge is 0.243 e. The summed E-state index contributed by atoms with van der Waals surface area (Å²) in [7, 11) is -2.26. The van der Waals surface area contributed by atoms with Crippen LogP contribution in [0.5, 0.6) is 5.75 Å². The van der Waals surface area contributed by atoms with Gasteiger partial charge in [0.25, 0.3) is 0 Å². The lowest BCUT2D eigenvalue weighted by atomic mass is 10.1. The zero-order valence-electron chi connectivity index (χ0n) is 23.6. The van der Waals surface area contributed by atoms with Crippen LogP contribution >= 0.6 is 0 Å². The highest BCUT2D eigenvalue weighted by atomic mass is 32.2. The Balaban J connectivity index is 1.56. The molecule has 1 atom stereocenters. The molecule has 0 saturated carbocycles. The van der Waals surface area contributed by atoms with E-state index < -0.39 is 16.1 Å². The number of ether oxygens (including phenoxy) is 1. The van der Waals surface area contributed by atoms with Gasteiger partial charge in [0.15, 0.2) is 0 Å². The lowest BCUT2D eigenvalue weighted by Crippen LogP contribution is -2.47. The number of piperazine rings is 1. The van der Waals surface area contributed by atoms with Crippen molar-refractivity contribution >= 4 is 33.0 Å². The second-order valence-corrected chi connectivity index (χ2v) is 11.8. The van der Waals surface area contributed by atoms with Crippen LogP contribution in [-0.2, 0) is 14.8 Å². The number of nitrogens with one attached hydrogen (secondary N) is 2. The average molecular weight is 565 g/mol. The monoisotopic (exact) mass is 564 g/mol. The van der Waals surface area contributed by atoms with Crippen LogP contribution in [0.15, 0.2) is 77.7 Å². The number of hydrogen-bond donors (Lipinski definition) is 2. The Bertz CT molecular complexity index is 1360. The van der Waals surface area contributed by atoms with Crippen LogP contribution in [0, 0.1) is 0 Å². The summed E-state index contributed by atoms with van der Waals surface area (Å²) in [6.07, 6.45) is 3.23. The molecule has 0 aromatic heterocycles. The van der Waals surface area contributed by atoms with E-state index in [0.717, 1.165) is 49.4 Å². The third-order valence-corrected chi connectivity index (χ3v) is 8.80. The Morgan fingerprint density at radius 3 is 2.25 bits per heavy atom. The first-order valence-corrected chi connectivity index (χ1v) is 15.4. The van der Waals surface area contributed by atoms with Crippen molar-refractivity contribution in [2.24, 2.45) is 0 Å². The lowest BCUT2D eigenvalue weighted by molar-refractivity contribution is -0.116. The Morgan fingerprint density at radius 2 is 1.60 bits per heavy atom. The van der Waals surface area contributed by atoms with Crippen molar-refractivity contribution in [1.82, 2.24) is 4.72 Å². The second-order valence-electron chi connectivity index (χ2n) is 10.1. The molecule has 2 N–H and O–H groups in total. The first-order valence-electron chi connectivity index (χ1n) is 14.0. The summed E-state index contributed by atoms with van der Waals surface area (Å²) < 4.78 is 35.7. The number of anilines is 3. The number of methoxy groups -OCH3 is 1. The molecule has 0 spiro atoms. The zero-order valence-corrected chi connectivity index (χ0v) is 24.4. The van der Waals surface area contributed by atoms with E-state index in [-0.39, 0.29) is 10.8 Å². The molecule has 0 bridgehead atoms. The molecule has 3 aromatic rings. The second kappa shape index (κ2) is 13.7. The number of amides is 1. The highest BCUT2D eigenvalue weighted by Crippen LogP contribution is 2.32. The van der Waals surface area contributed by atoms with Crippen molar-refractivity contribution in [3.63, 3.8) is 0 Å². The summed E-state index contributed by atoms with van der Waals surface area (Å²) in [6, 6.07) is 22.2. The number of carbonyl (C=O) groups excluding carboxylic acids is 1. The molecule has 1 heterocycles. The van der Waals surface area contributed by atoms with Crippen LogP contribution in [0.4, 0.5) is 17.1 Å². The highest BCUT2D eigenvalue weighted by Gasteiger charge is 2.27. The van der Waals surface area contributed by atoms with Gasteiger partial charge in [0.05, 0.1) is 12.8 Å². The number of nitrogens with zero attached hydrogens (tertiary/aromatic N) is 2. The van der Waals surface area contributed by atoms with Crippen molar-refractivity contribution in [2.75, 3.05) is 48.4 Å². The molecule has 0 aliphatic carbocycles. The fourth-order valence-electron chi connectivity index (χ4n) is 4.93. The van der Waals surface area contributed by atoms with Crippen LogP contribution in [-0.4, -0.2) is 47.6 Å². The molecule has 9 heteroatoms. The molecule has 0 radical (unpaired) electrons. The Labute approximate surface area is 238 Å². The summed E-state index contributed by atoms with van der Waals surface area (Å²) in [4.78, 5) is 17.1. The van der Waals surface area contributed by atoms with Gasteiger partial charge in [-0.1, -0.05) is 50.1 Å². The molecule has 1 unspecified atom stereocenters. The summed E-state index contributed by atoms with van der Waals surface area (Å²) in [5.74, 6) is 0.704. The summed E-state index contributed by atoms with van der Waals surface area (Å²) in [6.45, 7) is 6.73. The lowest BCUT2D eigenvalue weighted by Gasteiger charge is -2.38. The van der Waals surface area contributed by atoms with Crippen LogP contribution < -0.4 is 24.6 Å². The fraction of sp³-hybridized carbons (Fsp3) is 0.387. The molecule has 4 rings (SSSR count). The summed E-state index contributed by atoms with van der Waals surface area (Å²) >= 11 is 0. The molecule has 3 aromatic carbocycles. The molecular formula is C31H40N4O4S. The van der Waals surface area contributed by atoms with E-state index in [4.69, 9.17) is 4.74 Å². The molecule has 8 nitrogen and oxygen atoms in total. The predicted molar refractivity (Wildman–Crippen MR) is 162 cm³/mol. The maximum absolute atomic E-state index is 13.8. The third-order valence-electron chi connectivity index (χ3n) is 7.23. The van der Waals surface area contributed by atoms with Gasteiger partial charge in [0.1, 0.15) is 10.6 Å². The molecule has 1 fully saturated rings. The Kier molecular flexibility index (Phi) is 10.1. The summed E-state index contributed by atoms with van der Waals surface area (Å²) in [5.41, 5.74) is 3.09. The predicted octanol–water partition coefficient (Wildman–Crippen LogP) is 5.58. The maximum atomic E-state index is 13.8. The zero-order chi connectivity index (χ0) is 28.5. The minimum absolute atomic E-state index is 0.108. The van der Waals surface area contributed by atoms with E-state index in [1.807, 2.05) is 67.6 Å². The van der Waals surface area contributed by atoms with Crippen molar-refractivity contribution in [2.45, 2.75) is 50.5 Å². The van der Waals surface area contributed by atoms with E-state index in [0.29, 0.717) is 30.9 Å². The van der Waals surface area contributed by atoms with Gasteiger partial charge >= 0.3 is 0 Å². The van der Waals surface area contributed by atoms with Crippen LogP contribution in [0.3, 0.4) is 0 Å². The van der Waals surface area contributed by atoms with Gasteiger partial charge in [-0.25, -0.2) is 13.1 Å². The first kappa shape index (κ1) is 29.4. The van der Waals surface area contributed by atoms with Crippen molar-refractivity contribution in [1.29, 1.82) is 0 Å². The van der Waals surface area contributed by atoms with Gasteiger partial charge in [0.2, 0.25) is 15.9 Å². The van der Waals surface area contributed by atoms with Crippen molar-refractivity contribution < 1.29 is 17.9 Å². The van der Waals surface area contributed by atoms with Gasteiger partial charge in [-0.3, -0.25) is 4.79 Å². The van der Waals surface area contributed by atoms with Crippen molar-refractivity contribution in [3.05, 3.63) is 78.4 Å². The molecule has 1 amide bonds. The standard InChI is InChI=1S/C31H40N4O4S/c1-4-5-7-12-31(36)32-26-13-18-29(30(23-26)40(37,38)33-24(2)25-10-8-6-9-11-25)35-21-19-34(20-22-35)27-14-16-28(39-3)17-15-27/h6,8-11,13-18,23-24,33H,4-5,7,12,19-22H2,1-3H3,(H,32,36). The largest absolute Gasteiger partial charge is 0.497 e. The van der Waals surface area contributed by atoms with Crippen LogP contribution in [0.2, 0.25) is 0 Å². The quantitative estimate of drug-likeness (QED) is 0.279. The fourth-order valence-corrected chi connectivity index (χ4v) is 6.42. The van der Waals surface area contributed by atoms with Gasteiger partial charge in [0, 0.05) is 50.0 Å². The number of sulfonamides is 1. The number of unbranched alkanes of at least 4 members (excludes halogenated alkanes) is 2. The molecule has 214 valence electrons. The number of carbonyl (C=O) groups is 1. The number of benzene rings is 3. The number of hydrogen-bond acceptors (Lipinski definition) is 6. The van der Waals surface area contributed by atoms with Gasteiger partial charge in [-0.05, 0) is 61.4 Å². The maximum Gasteiger partial charge on any atom is 0.243 e. The Morgan fingerprint density at radius 1 is 0.925 bits per heavy atom. The van der Waals surface area contributed by atoms with Crippen LogP contribution in [0.1, 0.15) is 51.1 Å². The van der Waals surface area contributed by atoms with Crippen LogP contribution in [0.25, 0.3) is 0 Å². The first-order chi connectivity index (χ1) is 19.3. The van der Waals surface area contributed by atoms with Gasteiger partial charge < -0.3 is 19.9 Å². The minimum atomic E-state index is -3.91. The highest BCUT2D eigenvalue weighted by molar-refractivity contribution is 7.89. The average Bonchev–Trinajstić information content (AvgIpc) is 2.98. The van der Waals surface area contributed by atoms with E-state index in [9.17, 15) is 13.2 Å². The van der Waals surface area contributed by atoms with Crippen molar-refractivity contribution in [3.8, 4) is 5.75 Å². The SMILES string of the molecule is CCCCCC(=O)Nc1ccc(N2CCN(c3ccc(OC)cc3)CC2)c(S(=O)(=O)NC(C)c2ccccc2)c1. The third kappa shape index (κ3) is 7.55. The normalized spacial score (nSPS) is 14.6. The number of rotatable bonds is 12. The summed E-state index contributed by atoms with van der Waals surface area (Å²) in [5, 5.41) is 2.90. The van der Waals surface area contributed by atoms with Gasteiger partial charge in [-0.15, -0.1) is 0 Å². The van der Waals surface area contributed by atoms with E-state index in [1.165, 1.54) is 0 Å². The molecule has 1 aliphatic rings. The molecule has 40 heavy (non-hydrogen) atoms. The minimum Gasteiger partial charge on any atom is -0.497 e.